The smallest absolute Gasteiger partial charge is 0.245 e. The van der Waals surface area contributed by atoms with E-state index in [2.05, 4.69) is 4.90 Å². The van der Waals surface area contributed by atoms with Crippen molar-refractivity contribution in [2.75, 3.05) is 13.1 Å². The molecule has 0 aromatic rings. The number of carbonyl (C=O) groups excluding carboxylic acids is 2. The molecule has 0 N–H and O–H groups in total. The van der Waals surface area contributed by atoms with Crippen molar-refractivity contribution < 1.29 is 9.59 Å². The molecule has 2 aliphatic heterocycles. The van der Waals surface area contributed by atoms with Gasteiger partial charge in [-0.05, 0) is 94.3 Å². The standard InChI is InChI=1S/C22H34N2O2/c25-20(5-3-4-19(15-6-7-15)16-8-9-16)24-18-11-10-17(14-18)21(24)22(26)23-12-1-2-13-23/h15-19,21H,1-14H2/t17-,18+,21+/m1/s1. The predicted octanol–water partition coefficient (Wildman–Crippen LogP) is 3.59. The summed E-state index contributed by atoms with van der Waals surface area (Å²) < 4.78 is 0. The highest BCUT2D eigenvalue weighted by Gasteiger charge is 2.52. The Morgan fingerprint density at radius 3 is 2.27 bits per heavy atom. The number of hydrogen-bond donors (Lipinski definition) is 0. The van der Waals surface area contributed by atoms with Crippen LogP contribution in [0.25, 0.3) is 0 Å². The molecule has 0 aromatic carbocycles. The van der Waals surface area contributed by atoms with Crippen LogP contribution in [0.1, 0.15) is 77.0 Å². The minimum Gasteiger partial charge on any atom is -0.341 e. The first kappa shape index (κ1) is 17.1. The molecule has 0 radical (unpaired) electrons. The number of piperidine rings is 1. The Labute approximate surface area is 157 Å². The average molecular weight is 359 g/mol. The maximum absolute atomic E-state index is 13.1. The highest BCUT2D eigenvalue weighted by atomic mass is 16.2. The molecule has 4 heteroatoms. The predicted molar refractivity (Wildman–Crippen MR) is 100 cm³/mol. The second-order valence-corrected chi connectivity index (χ2v) is 9.74. The van der Waals surface area contributed by atoms with Crippen molar-refractivity contribution >= 4 is 11.8 Å². The molecule has 3 aliphatic carbocycles. The van der Waals surface area contributed by atoms with Gasteiger partial charge in [-0.15, -0.1) is 0 Å². The van der Waals surface area contributed by atoms with Gasteiger partial charge in [-0.2, -0.15) is 0 Å². The zero-order chi connectivity index (χ0) is 17.7. The molecule has 144 valence electrons. The van der Waals surface area contributed by atoms with Crippen molar-refractivity contribution in [2.45, 2.75) is 89.1 Å². The molecule has 5 rings (SSSR count). The van der Waals surface area contributed by atoms with Gasteiger partial charge in [0, 0.05) is 25.6 Å². The van der Waals surface area contributed by atoms with Crippen molar-refractivity contribution in [3.8, 4) is 0 Å². The first-order valence-electron chi connectivity index (χ1n) is 11.3. The van der Waals surface area contributed by atoms with E-state index >= 15 is 0 Å². The molecule has 5 fully saturated rings. The molecular weight excluding hydrogens is 324 g/mol. The number of nitrogens with zero attached hydrogens (tertiary/aromatic N) is 2. The zero-order valence-corrected chi connectivity index (χ0v) is 16.1. The summed E-state index contributed by atoms with van der Waals surface area (Å²) in [6, 6.07) is 0.230. The lowest BCUT2D eigenvalue weighted by Crippen LogP contribution is -2.53. The molecule has 3 atom stereocenters. The number of rotatable bonds is 7. The van der Waals surface area contributed by atoms with Crippen LogP contribution in [0.4, 0.5) is 0 Å². The number of hydrogen-bond acceptors (Lipinski definition) is 2. The van der Waals surface area contributed by atoms with Crippen LogP contribution in [0, 0.1) is 23.7 Å². The highest BCUT2D eigenvalue weighted by Crippen LogP contribution is 2.51. The molecule has 2 saturated heterocycles. The van der Waals surface area contributed by atoms with E-state index in [0.717, 1.165) is 69.4 Å². The van der Waals surface area contributed by atoms with E-state index < -0.39 is 0 Å². The van der Waals surface area contributed by atoms with Crippen LogP contribution in [0.15, 0.2) is 0 Å². The summed E-state index contributed by atoms with van der Waals surface area (Å²) in [6.07, 6.45) is 14.3. The summed E-state index contributed by atoms with van der Waals surface area (Å²) in [4.78, 5) is 30.2. The van der Waals surface area contributed by atoms with Crippen LogP contribution in [-0.4, -0.2) is 46.8 Å². The molecule has 0 aromatic heterocycles. The third-order valence-electron chi connectivity index (χ3n) is 7.93. The summed E-state index contributed by atoms with van der Waals surface area (Å²) in [7, 11) is 0. The van der Waals surface area contributed by atoms with Crippen LogP contribution >= 0.6 is 0 Å². The SMILES string of the molecule is O=C([C@@H]1[C@@H]2CC[C@@H](C2)N1C(=O)CCCC(C1CC1)C1CC1)N1CCCC1. The minimum atomic E-state index is -0.123. The zero-order valence-electron chi connectivity index (χ0n) is 16.1. The molecule has 5 aliphatic rings. The average Bonchev–Trinajstić information content (AvgIpc) is 3.53. The van der Waals surface area contributed by atoms with E-state index in [1.807, 2.05) is 4.90 Å². The van der Waals surface area contributed by atoms with E-state index in [1.165, 1.54) is 32.1 Å². The van der Waals surface area contributed by atoms with Crippen LogP contribution in [-0.2, 0) is 9.59 Å². The van der Waals surface area contributed by atoms with Crippen molar-refractivity contribution in [2.24, 2.45) is 23.7 Å². The molecule has 3 saturated carbocycles. The lowest BCUT2D eigenvalue weighted by molar-refractivity contribution is -0.147. The fourth-order valence-corrected chi connectivity index (χ4v) is 6.31. The molecule has 26 heavy (non-hydrogen) atoms. The van der Waals surface area contributed by atoms with E-state index in [-0.39, 0.29) is 17.9 Å². The van der Waals surface area contributed by atoms with Gasteiger partial charge in [0.05, 0.1) is 0 Å². The first-order chi connectivity index (χ1) is 12.7. The van der Waals surface area contributed by atoms with Gasteiger partial charge in [0.2, 0.25) is 11.8 Å². The quantitative estimate of drug-likeness (QED) is 0.698. The first-order valence-corrected chi connectivity index (χ1v) is 11.3. The van der Waals surface area contributed by atoms with Gasteiger partial charge in [0.1, 0.15) is 6.04 Å². The number of amides is 2. The maximum atomic E-state index is 13.1. The van der Waals surface area contributed by atoms with Crippen molar-refractivity contribution in [3.63, 3.8) is 0 Å². The van der Waals surface area contributed by atoms with Crippen LogP contribution < -0.4 is 0 Å². The lowest BCUT2D eigenvalue weighted by atomic mass is 9.91. The molecule has 2 amide bonds. The fourth-order valence-electron chi connectivity index (χ4n) is 6.31. The van der Waals surface area contributed by atoms with E-state index in [0.29, 0.717) is 18.4 Å². The van der Waals surface area contributed by atoms with Gasteiger partial charge in [0.15, 0.2) is 0 Å². The Balaban J connectivity index is 1.19. The normalized spacial score (nSPS) is 33.5. The topological polar surface area (TPSA) is 40.6 Å². The lowest BCUT2D eigenvalue weighted by Gasteiger charge is -2.36. The molecule has 0 spiro atoms. The third kappa shape index (κ3) is 3.18. The Morgan fingerprint density at radius 2 is 1.62 bits per heavy atom. The Morgan fingerprint density at radius 1 is 0.923 bits per heavy atom. The van der Waals surface area contributed by atoms with Gasteiger partial charge in [-0.3, -0.25) is 9.59 Å². The second-order valence-electron chi connectivity index (χ2n) is 9.74. The van der Waals surface area contributed by atoms with Gasteiger partial charge >= 0.3 is 0 Å². The Bertz CT molecular complexity index is 550. The third-order valence-corrected chi connectivity index (χ3v) is 7.93. The Kier molecular flexibility index (Phi) is 4.48. The molecule has 0 unspecified atom stereocenters. The van der Waals surface area contributed by atoms with E-state index in [1.54, 1.807) is 0 Å². The number of fused-ring (bicyclic) bond motifs is 2. The molecule has 2 heterocycles. The van der Waals surface area contributed by atoms with Gasteiger partial charge in [-0.1, -0.05) is 0 Å². The van der Waals surface area contributed by atoms with E-state index in [9.17, 15) is 9.59 Å². The van der Waals surface area contributed by atoms with Crippen molar-refractivity contribution in [1.82, 2.24) is 9.80 Å². The number of likely N-dealkylation sites (tertiary alicyclic amines) is 2. The molecule has 4 nitrogen and oxygen atoms in total. The van der Waals surface area contributed by atoms with Gasteiger partial charge < -0.3 is 9.80 Å². The Hall–Kier alpha value is -1.06. The summed E-state index contributed by atoms with van der Waals surface area (Å²) in [5.41, 5.74) is 0. The summed E-state index contributed by atoms with van der Waals surface area (Å²) >= 11 is 0. The van der Waals surface area contributed by atoms with Crippen LogP contribution in [0.5, 0.6) is 0 Å². The monoisotopic (exact) mass is 358 g/mol. The molecule has 2 bridgehead atoms. The van der Waals surface area contributed by atoms with Crippen molar-refractivity contribution in [3.05, 3.63) is 0 Å². The van der Waals surface area contributed by atoms with Gasteiger partial charge in [0.25, 0.3) is 0 Å². The summed E-state index contributed by atoms with van der Waals surface area (Å²) in [5.74, 6) is 3.83. The highest BCUT2D eigenvalue weighted by molar-refractivity contribution is 5.89. The number of carbonyl (C=O) groups is 2. The van der Waals surface area contributed by atoms with Crippen LogP contribution in [0.2, 0.25) is 0 Å². The van der Waals surface area contributed by atoms with Gasteiger partial charge in [-0.25, -0.2) is 0 Å². The van der Waals surface area contributed by atoms with Crippen LogP contribution in [0.3, 0.4) is 0 Å². The summed E-state index contributed by atoms with van der Waals surface area (Å²) in [5, 5.41) is 0. The van der Waals surface area contributed by atoms with Crippen molar-refractivity contribution in [1.29, 1.82) is 0 Å². The van der Waals surface area contributed by atoms with E-state index in [4.69, 9.17) is 0 Å². The largest absolute Gasteiger partial charge is 0.341 e. The fraction of sp³-hybridized carbons (Fsp3) is 0.909. The maximum Gasteiger partial charge on any atom is 0.245 e. The molecular formula is C22H34N2O2. The minimum absolute atomic E-state index is 0.123. The second kappa shape index (κ2) is 6.83. The summed E-state index contributed by atoms with van der Waals surface area (Å²) in [6.45, 7) is 1.80.